The van der Waals surface area contributed by atoms with Crippen LogP contribution in [-0.4, -0.2) is 36.7 Å². The van der Waals surface area contributed by atoms with Crippen LogP contribution in [0, 0.1) is 0 Å². The molecule has 0 N–H and O–H groups in total. The Labute approximate surface area is 133 Å². The number of carbonyl (C=O) groups is 1. The molecule has 1 atom stereocenters. The van der Waals surface area contributed by atoms with Gasteiger partial charge in [0.25, 0.3) is 0 Å². The van der Waals surface area contributed by atoms with Gasteiger partial charge in [0.2, 0.25) is 0 Å². The van der Waals surface area contributed by atoms with Gasteiger partial charge < -0.3 is 13.9 Å². The molecule has 22 heavy (non-hydrogen) atoms. The second-order valence-corrected chi connectivity index (χ2v) is 5.47. The molecule has 1 rings (SSSR count). The molecule has 0 spiro atoms. The van der Waals surface area contributed by atoms with Crippen molar-refractivity contribution in [1.29, 1.82) is 0 Å². The highest BCUT2D eigenvalue weighted by molar-refractivity contribution is 5.81. The van der Waals surface area contributed by atoms with Gasteiger partial charge in [-0.25, -0.2) is 4.79 Å². The highest BCUT2D eigenvalue weighted by Crippen LogP contribution is 2.16. The zero-order valence-electron chi connectivity index (χ0n) is 13.8. The summed E-state index contributed by atoms with van der Waals surface area (Å²) in [6, 6.07) is 10.6. The van der Waals surface area contributed by atoms with Crippen LogP contribution in [0.1, 0.15) is 32.3 Å². The third-order valence-electron chi connectivity index (χ3n) is 3.92. The molecule has 1 aromatic rings. The van der Waals surface area contributed by atoms with Gasteiger partial charge in [0.15, 0.2) is 0 Å². The van der Waals surface area contributed by atoms with E-state index in [2.05, 4.69) is 50.8 Å². The van der Waals surface area contributed by atoms with Crippen molar-refractivity contribution in [1.82, 2.24) is 0 Å². The van der Waals surface area contributed by atoms with Crippen LogP contribution in [0.5, 0.6) is 0 Å². The van der Waals surface area contributed by atoms with E-state index in [1.807, 2.05) is 0 Å². The molecule has 124 valence electrons. The number of ether oxygens (including phenoxy) is 1. The van der Waals surface area contributed by atoms with Gasteiger partial charge in [0.1, 0.15) is 6.54 Å². The van der Waals surface area contributed by atoms with Gasteiger partial charge in [-0.15, -0.1) is 0 Å². The van der Waals surface area contributed by atoms with E-state index >= 15 is 0 Å². The molecule has 0 aromatic heterocycles. The first kappa shape index (κ1) is 20.3. The van der Waals surface area contributed by atoms with Crippen molar-refractivity contribution in [2.24, 2.45) is 0 Å². The van der Waals surface area contributed by atoms with Crippen LogP contribution in [0.3, 0.4) is 0 Å². The van der Waals surface area contributed by atoms with E-state index in [9.17, 15) is 4.79 Å². The Morgan fingerprint density at radius 2 is 1.91 bits per heavy atom. The second-order valence-electron chi connectivity index (χ2n) is 5.47. The summed E-state index contributed by atoms with van der Waals surface area (Å²) in [5, 5.41) is 0. The average Bonchev–Trinajstić information content (AvgIpc) is 2.52. The minimum Gasteiger partial charge on any atom is -1.00 e. The molecule has 0 fully saturated rings. The summed E-state index contributed by atoms with van der Waals surface area (Å²) >= 11 is 0. The van der Waals surface area contributed by atoms with E-state index in [4.69, 9.17) is 4.74 Å². The number of hydrogen-bond donors (Lipinski definition) is 0. The van der Waals surface area contributed by atoms with Gasteiger partial charge in [0, 0.05) is 18.1 Å². The van der Waals surface area contributed by atoms with Crippen LogP contribution in [0.4, 0.5) is 0 Å². The standard InChI is InChI=1S/C18H28NO2.FH/c1-4-13-19(6-3,14-10-15-21-18(20)5-2)16-17-11-8-7-9-12-17;/h5,7-9,11-12H,2,4,6,10,13-16H2,1,3H3;1H/q+1;/p-1. The van der Waals surface area contributed by atoms with Crippen LogP contribution in [-0.2, 0) is 16.1 Å². The van der Waals surface area contributed by atoms with Crippen molar-refractivity contribution in [2.75, 3.05) is 26.2 Å². The Hall–Kier alpha value is -1.68. The van der Waals surface area contributed by atoms with Crippen LogP contribution >= 0.6 is 0 Å². The first-order valence-electron chi connectivity index (χ1n) is 7.84. The molecule has 3 nitrogen and oxygen atoms in total. The lowest BCUT2D eigenvalue weighted by Gasteiger charge is -2.38. The number of carbonyl (C=O) groups excluding carboxylic acids is 1. The number of hydrogen-bond acceptors (Lipinski definition) is 2. The number of nitrogens with zero attached hydrogens (tertiary/aromatic N) is 1. The average molecular weight is 309 g/mol. The predicted octanol–water partition coefficient (Wildman–Crippen LogP) is 0.557. The maximum atomic E-state index is 11.1. The SMILES string of the molecule is C=CC(=O)OCCC[N+](CC)(CCC)Cc1ccccc1.[F-]. The lowest BCUT2D eigenvalue weighted by atomic mass is 10.1. The fraction of sp³-hybridized carbons (Fsp3) is 0.500. The van der Waals surface area contributed by atoms with Crippen molar-refractivity contribution < 1.29 is 18.7 Å². The van der Waals surface area contributed by atoms with Gasteiger partial charge in [0.05, 0.1) is 26.2 Å². The molecule has 1 unspecified atom stereocenters. The fourth-order valence-corrected chi connectivity index (χ4v) is 2.77. The van der Waals surface area contributed by atoms with Crippen molar-refractivity contribution in [3.05, 3.63) is 48.6 Å². The van der Waals surface area contributed by atoms with Crippen molar-refractivity contribution in [3.8, 4) is 0 Å². The van der Waals surface area contributed by atoms with Gasteiger partial charge in [-0.05, 0) is 13.3 Å². The van der Waals surface area contributed by atoms with Crippen LogP contribution in [0.2, 0.25) is 0 Å². The molecule has 0 aliphatic heterocycles. The molecule has 0 heterocycles. The Balaban J connectivity index is 0.00000441. The molecule has 4 heteroatoms. The highest BCUT2D eigenvalue weighted by Gasteiger charge is 2.24. The summed E-state index contributed by atoms with van der Waals surface area (Å²) in [5.41, 5.74) is 1.37. The fourth-order valence-electron chi connectivity index (χ4n) is 2.77. The van der Waals surface area contributed by atoms with Crippen molar-refractivity contribution in [3.63, 3.8) is 0 Å². The summed E-state index contributed by atoms with van der Waals surface area (Å²) in [7, 11) is 0. The van der Waals surface area contributed by atoms with E-state index in [0.717, 1.165) is 43.5 Å². The minimum atomic E-state index is -0.330. The van der Waals surface area contributed by atoms with Crippen molar-refractivity contribution >= 4 is 5.97 Å². The largest absolute Gasteiger partial charge is 1.00 e. The van der Waals surface area contributed by atoms with Gasteiger partial charge in [-0.2, -0.15) is 0 Å². The van der Waals surface area contributed by atoms with Crippen LogP contribution < -0.4 is 4.70 Å². The topological polar surface area (TPSA) is 26.3 Å². The van der Waals surface area contributed by atoms with E-state index in [1.54, 1.807) is 0 Å². The Bertz CT molecular complexity index is 436. The molecule has 1 aromatic carbocycles. The zero-order valence-corrected chi connectivity index (χ0v) is 13.8. The maximum Gasteiger partial charge on any atom is 0.330 e. The predicted molar refractivity (Wildman–Crippen MR) is 86.7 cm³/mol. The van der Waals surface area contributed by atoms with E-state index < -0.39 is 0 Å². The van der Waals surface area contributed by atoms with Crippen LogP contribution in [0.15, 0.2) is 43.0 Å². The zero-order chi connectivity index (χ0) is 15.6. The summed E-state index contributed by atoms with van der Waals surface area (Å²) < 4.78 is 6.14. The highest BCUT2D eigenvalue weighted by atomic mass is 19.0. The van der Waals surface area contributed by atoms with Crippen LogP contribution in [0.25, 0.3) is 0 Å². The Morgan fingerprint density at radius 3 is 2.45 bits per heavy atom. The molecule has 0 amide bonds. The lowest BCUT2D eigenvalue weighted by Crippen LogP contribution is -3.00. The number of esters is 1. The van der Waals surface area contributed by atoms with Gasteiger partial charge in [-0.1, -0.05) is 43.8 Å². The van der Waals surface area contributed by atoms with Crippen molar-refractivity contribution in [2.45, 2.75) is 33.2 Å². The maximum absolute atomic E-state index is 11.1. The number of rotatable bonds is 10. The van der Waals surface area contributed by atoms with E-state index in [-0.39, 0.29) is 10.7 Å². The number of halogens is 1. The third-order valence-corrected chi connectivity index (χ3v) is 3.92. The molecule has 0 saturated heterocycles. The first-order valence-corrected chi connectivity index (χ1v) is 7.84. The smallest absolute Gasteiger partial charge is 0.330 e. The Kier molecular flexibility index (Phi) is 10.1. The van der Waals surface area contributed by atoms with E-state index in [0.29, 0.717) is 6.61 Å². The molecule has 0 aliphatic carbocycles. The molecule has 0 radical (unpaired) electrons. The summed E-state index contributed by atoms with van der Waals surface area (Å²) in [4.78, 5) is 11.1. The first-order chi connectivity index (χ1) is 10.2. The lowest BCUT2D eigenvalue weighted by molar-refractivity contribution is -0.939. The quantitative estimate of drug-likeness (QED) is 0.273. The third kappa shape index (κ3) is 6.85. The second kappa shape index (κ2) is 11.0. The number of benzene rings is 1. The molecule has 0 bridgehead atoms. The normalized spacial score (nSPS) is 12.8. The molecule has 0 aliphatic rings. The van der Waals surface area contributed by atoms with Gasteiger partial charge in [-0.3, -0.25) is 0 Å². The minimum absolute atomic E-state index is 0. The monoisotopic (exact) mass is 309 g/mol. The summed E-state index contributed by atoms with van der Waals surface area (Å²) in [6.45, 7) is 12.7. The summed E-state index contributed by atoms with van der Waals surface area (Å²) in [5.74, 6) is -0.330. The van der Waals surface area contributed by atoms with Gasteiger partial charge >= 0.3 is 5.97 Å². The molecular formula is C18H28FNO2. The Morgan fingerprint density at radius 1 is 1.23 bits per heavy atom. The molecular weight excluding hydrogens is 281 g/mol. The molecule has 0 saturated carbocycles. The summed E-state index contributed by atoms with van der Waals surface area (Å²) in [6.07, 6.45) is 3.27. The van der Waals surface area contributed by atoms with E-state index in [1.165, 1.54) is 11.6 Å². The number of quaternary nitrogens is 1.